The summed E-state index contributed by atoms with van der Waals surface area (Å²) in [5.74, 6) is -0.621. The third-order valence-corrected chi connectivity index (χ3v) is 6.04. The maximum Gasteiger partial charge on any atom is 0.408 e. The third kappa shape index (κ3) is 7.74. The van der Waals surface area contributed by atoms with E-state index in [0.717, 1.165) is 11.6 Å². The van der Waals surface area contributed by atoms with Crippen LogP contribution < -0.4 is 5.32 Å². The van der Waals surface area contributed by atoms with Crippen LogP contribution in [0.2, 0.25) is 5.02 Å². The number of rotatable bonds is 10. The molecule has 0 aliphatic heterocycles. The molecule has 2 N–H and O–H groups in total. The van der Waals surface area contributed by atoms with Crippen molar-refractivity contribution in [2.45, 2.75) is 50.7 Å². The van der Waals surface area contributed by atoms with Crippen molar-refractivity contribution in [3.63, 3.8) is 0 Å². The highest BCUT2D eigenvalue weighted by molar-refractivity contribution is 7.85. The molecule has 172 valence electrons. The van der Waals surface area contributed by atoms with Crippen LogP contribution in [0, 0.1) is 6.92 Å². The van der Waals surface area contributed by atoms with Gasteiger partial charge in [0.15, 0.2) is 5.78 Å². The fourth-order valence-electron chi connectivity index (χ4n) is 2.93. The van der Waals surface area contributed by atoms with Gasteiger partial charge in [-0.3, -0.25) is 14.1 Å². The van der Waals surface area contributed by atoms with Crippen LogP contribution >= 0.6 is 11.6 Å². The molecule has 0 fully saturated rings. The zero-order valence-electron chi connectivity index (χ0n) is 17.6. The van der Waals surface area contributed by atoms with Crippen molar-refractivity contribution >= 4 is 39.4 Å². The van der Waals surface area contributed by atoms with E-state index >= 15 is 0 Å². The Kier molecular flexibility index (Phi) is 8.94. The van der Waals surface area contributed by atoms with Crippen molar-refractivity contribution in [2.24, 2.45) is 0 Å². The monoisotopic (exact) mass is 481 g/mol. The average molecular weight is 482 g/mol. The molecule has 0 bridgehead atoms. The second-order valence-corrected chi connectivity index (χ2v) is 9.12. The minimum atomic E-state index is -4.48. The second-order valence-electron chi connectivity index (χ2n) is 7.29. The first-order valence-corrected chi connectivity index (χ1v) is 11.5. The molecule has 8 nitrogen and oxygen atoms in total. The predicted octanol–water partition coefficient (Wildman–Crippen LogP) is 3.67. The van der Waals surface area contributed by atoms with Crippen molar-refractivity contribution in [1.82, 2.24) is 5.32 Å². The van der Waals surface area contributed by atoms with E-state index in [1.54, 1.807) is 31.2 Å². The van der Waals surface area contributed by atoms with Crippen LogP contribution in [0.1, 0.15) is 36.5 Å². The summed E-state index contributed by atoms with van der Waals surface area (Å²) in [5, 5.41) is 2.56. The minimum Gasteiger partial charge on any atom is -0.445 e. The van der Waals surface area contributed by atoms with Crippen molar-refractivity contribution in [1.29, 1.82) is 0 Å². The standard InChI is InChI=1S/C22H24ClNO7S/c1-14-17(11-19(12-20(14)23)32(28,29)30)10-18(26)8-9-21(15(2)25)24-22(27)31-13-16-6-4-3-5-7-16/h3-7,11-12,21H,8-10,13H2,1-2H3,(H,24,27)(H,28,29,30)/t21-/m0/s1. The number of halogens is 1. The Labute approximate surface area is 191 Å². The highest BCUT2D eigenvalue weighted by atomic mass is 35.5. The molecule has 1 amide bonds. The molecule has 1 atom stereocenters. The molecule has 0 radical (unpaired) electrons. The molecule has 10 heteroatoms. The van der Waals surface area contributed by atoms with E-state index < -0.39 is 27.1 Å². The Morgan fingerprint density at radius 3 is 2.41 bits per heavy atom. The van der Waals surface area contributed by atoms with Gasteiger partial charge in [-0.15, -0.1) is 0 Å². The van der Waals surface area contributed by atoms with E-state index in [9.17, 15) is 27.4 Å². The van der Waals surface area contributed by atoms with Crippen LogP contribution in [-0.2, 0) is 37.5 Å². The topological polar surface area (TPSA) is 127 Å². The van der Waals surface area contributed by atoms with Crippen LogP contribution in [-0.4, -0.2) is 36.7 Å². The van der Waals surface area contributed by atoms with E-state index in [4.69, 9.17) is 16.3 Å². The highest BCUT2D eigenvalue weighted by Gasteiger charge is 2.21. The molecule has 32 heavy (non-hydrogen) atoms. The Balaban J connectivity index is 1.95. The molecule has 0 spiro atoms. The number of Topliss-reactive ketones (excluding diaryl/α,β-unsaturated/α-hetero) is 2. The Morgan fingerprint density at radius 1 is 1.16 bits per heavy atom. The molecule has 0 heterocycles. The van der Waals surface area contributed by atoms with Crippen LogP contribution in [0.25, 0.3) is 0 Å². The van der Waals surface area contributed by atoms with Gasteiger partial charge in [-0.1, -0.05) is 41.9 Å². The quantitative estimate of drug-likeness (QED) is 0.495. The number of alkyl carbamates (subject to hydrolysis) is 1. The van der Waals surface area contributed by atoms with Crippen LogP contribution in [0.3, 0.4) is 0 Å². The SMILES string of the molecule is CC(=O)[C@H](CCC(=O)Cc1cc(S(=O)(=O)O)cc(Cl)c1C)NC(=O)OCc1ccccc1. The lowest BCUT2D eigenvalue weighted by Gasteiger charge is -2.16. The zero-order valence-corrected chi connectivity index (χ0v) is 19.2. The lowest BCUT2D eigenvalue weighted by molar-refractivity contribution is -0.120. The number of hydrogen-bond acceptors (Lipinski definition) is 6. The minimum absolute atomic E-state index is 0.0420. The summed E-state index contributed by atoms with van der Waals surface area (Å²) in [6.07, 6.45) is -0.904. The second kappa shape index (κ2) is 11.2. The molecule has 2 rings (SSSR count). The van der Waals surface area contributed by atoms with Gasteiger partial charge in [0.25, 0.3) is 10.1 Å². The first kappa shape index (κ1) is 25.5. The molecular weight excluding hydrogens is 458 g/mol. The van der Waals surface area contributed by atoms with Crippen LogP contribution in [0.15, 0.2) is 47.4 Å². The molecule has 0 aliphatic rings. The van der Waals surface area contributed by atoms with Gasteiger partial charge in [-0.25, -0.2) is 4.79 Å². The predicted molar refractivity (Wildman–Crippen MR) is 118 cm³/mol. The maximum atomic E-state index is 12.5. The first-order chi connectivity index (χ1) is 15.0. The number of hydrogen-bond donors (Lipinski definition) is 2. The lowest BCUT2D eigenvalue weighted by atomic mass is 9.99. The maximum absolute atomic E-state index is 12.5. The smallest absolute Gasteiger partial charge is 0.408 e. The summed E-state index contributed by atoms with van der Waals surface area (Å²) in [7, 11) is -4.48. The summed E-state index contributed by atoms with van der Waals surface area (Å²) in [4.78, 5) is 35.9. The number of benzene rings is 2. The number of carbonyl (C=O) groups excluding carboxylic acids is 3. The Bertz CT molecular complexity index is 1100. The number of ketones is 2. The highest BCUT2D eigenvalue weighted by Crippen LogP contribution is 2.25. The summed E-state index contributed by atoms with van der Waals surface area (Å²) >= 11 is 6.02. The zero-order chi connectivity index (χ0) is 23.9. The summed E-state index contributed by atoms with van der Waals surface area (Å²) in [6.45, 7) is 2.97. The van der Waals surface area contributed by atoms with E-state index in [1.807, 2.05) is 6.07 Å². The van der Waals surface area contributed by atoms with Crippen molar-refractivity contribution < 1.29 is 32.1 Å². The van der Waals surface area contributed by atoms with Crippen LogP contribution in [0.5, 0.6) is 0 Å². The summed E-state index contributed by atoms with van der Waals surface area (Å²) in [5.41, 5.74) is 1.65. The molecule has 0 saturated heterocycles. The third-order valence-electron chi connectivity index (χ3n) is 4.82. The van der Waals surface area contributed by atoms with Crippen LogP contribution in [0.4, 0.5) is 4.79 Å². The first-order valence-electron chi connectivity index (χ1n) is 9.73. The number of ether oxygens (including phenoxy) is 1. The van der Waals surface area contributed by atoms with Crippen molar-refractivity contribution in [3.8, 4) is 0 Å². The molecule has 2 aromatic rings. The van der Waals surface area contributed by atoms with Crippen molar-refractivity contribution in [2.75, 3.05) is 0 Å². The number of amides is 1. The number of carbonyl (C=O) groups is 3. The van der Waals surface area contributed by atoms with Gasteiger partial charge >= 0.3 is 6.09 Å². The Morgan fingerprint density at radius 2 is 1.81 bits per heavy atom. The molecule has 0 saturated carbocycles. The van der Waals surface area contributed by atoms with Gasteiger partial charge in [-0.2, -0.15) is 8.42 Å². The molecular formula is C22H24ClNO7S. The molecule has 0 aliphatic carbocycles. The van der Waals surface area contributed by atoms with E-state index in [-0.39, 0.29) is 42.5 Å². The van der Waals surface area contributed by atoms with E-state index in [0.29, 0.717) is 11.1 Å². The molecule has 0 unspecified atom stereocenters. The normalized spacial score (nSPS) is 12.1. The Hall–Kier alpha value is -2.75. The van der Waals surface area contributed by atoms with E-state index in [1.165, 1.54) is 13.0 Å². The fraction of sp³-hybridized carbons (Fsp3) is 0.318. The largest absolute Gasteiger partial charge is 0.445 e. The summed E-state index contributed by atoms with van der Waals surface area (Å²) < 4.78 is 37.1. The van der Waals surface area contributed by atoms with Gasteiger partial charge in [0, 0.05) is 17.9 Å². The average Bonchev–Trinajstić information content (AvgIpc) is 2.72. The lowest BCUT2D eigenvalue weighted by Crippen LogP contribution is -2.40. The van der Waals surface area contributed by atoms with E-state index in [2.05, 4.69) is 5.32 Å². The molecule has 2 aromatic carbocycles. The van der Waals surface area contributed by atoms with Gasteiger partial charge in [-0.05, 0) is 49.1 Å². The summed E-state index contributed by atoms with van der Waals surface area (Å²) in [6, 6.07) is 10.4. The van der Waals surface area contributed by atoms with Gasteiger partial charge in [0.1, 0.15) is 12.4 Å². The van der Waals surface area contributed by atoms with Gasteiger partial charge in [0.2, 0.25) is 0 Å². The van der Waals surface area contributed by atoms with Gasteiger partial charge in [0.05, 0.1) is 10.9 Å². The van der Waals surface area contributed by atoms with Gasteiger partial charge < -0.3 is 10.1 Å². The molecule has 0 aromatic heterocycles. The van der Waals surface area contributed by atoms with Crippen molar-refractivity contribution in [3.05, 3.63) is 64.2 Å². The fourth-order valence-corrected chi connectivity index (χ4v) is 3.79. The number of nitrogens with one attached hydrogen (secondary N) is 1.